The Morgan fingerprint density at radius 3 is 2.61 bits per heavy atom. The van der Waals surface area contributed by atoms with E-state index in [4.69, 9.17) is 15.2 Å². The minimum absolute atomic E-state index is 0.680. The largest absolute Gasteiger partial charge is 0.387 e. The molecule has 0 radical (unpaired) electrons. The highest BCUT2D eigenvalue weighted by molar-refractivity contribution is 7.62. The van der Waals surface area contributed by atoms with Crippen molar-refractivity contribution in [2.75, 3.05) is 0 Å². The summed E-state index contributed by atoms with van der Waals surface area (Å²) in [6.45, 7) is 0. The van der Waals surface area contributed by atoms with Gasteiger partial charge < -0.3 is 20.3 Å². The van der Waals surface area contributed by atoms with E-state index in [0.717, 1.165) is 28.7 Å². The molecule has 1 aromatic heterocycles. The minimum atomic E-state index is -3.89. The zero-order valence-corrected chi connectivity index (χ0v) is 12.3. The molecular weight excluding hydrogens is 338 g/mol. The number of alkyl halides is 1. The Kier molecular flexibility index (Phi) is 5.26. The van der Waals surface area contributed by atoms with Crippen LogP contribution >= 0.6 is 7.44 Å². The summed E-state index contributed by atoms with van der Waals surface area (Å²) in [5.41, 5.74) is -1.61. The van der Waals surface area contributed by atoms with Gasteiger partial charge in [-0.1, -0.05) is 0 Å². The molecule has 0 amide bonds. The fourth-order valence-corrected chi connectivity index (χ4v) is 2.56. The van der Waals surface area contributed by atoms with Crippen molar-refractivity contribution in [1.29, 1.82) is 0 Å². The molecule has 0 aromatic carbocycles. The van der Waals surface area contributed by atoms with E-state index < -0.39 is 43.3 Å². The molecule has 1 aromatic rings. The molecule has 0 spiro atoms. The Balaban J connectivity index is 2.25. The predicted octanol–water partition coefficient (Wildman–Crippen LogP) is -1.20. The van der Waals surface area contributed by atoms with Gasteiger partial charge in [0.2, 0.25) is 0 Å². The van der Waals surface area contributed by atoms with Gasteiger partial charge >= 0.3 is 5.69 Å². The number of aromatic nitrogens is 2. The highest BCUT2D eigenvalue weighted by Gasteiger charge is 2.44. The summed E-state index contributed by atoms with van der Waals surface area (Å²) in [6.07, 6.45) is -4.61. The van der Waals surface area contributed by atoms with E-state index in [9.17, 15) is 23.7 Å². The number of halogens is 1. The molecule has 6 N–H and O–H groups in total. The third-order valence-electron chi connectivity index (χ3n) is 3.14. The Hall–Kier alpha value is -1.66. The molecule has 13 heteroatoms. The van der Waals surface area contributed by atoms with Crippen LogP contribution in [0.25, 0.3) is 0 Å². The van der Waals surface area contributed by atoms with Crippen molar-refractivity contribution in [2.24, 2.45) is 0 Å². The molecule has 2 rings (SSSR count). The van der Waals surface area contributed by atoms with Gasteiger partial charge in [0.05, 0.1) is 0 Å². The van der Waals surface area contributed by atoms with Gasteiger partial charge in [-0.2, -0.15) is 0 Å². The number of hydrogen-bond donors (Lipinski definition) is 6. The van der Waals surface area contributed by atoms with E-state index in [-0.39, 0.29) is 0 Å². The van der Waals surface area contributed by atoms with E-state index in [1.807, 2.05) is 4.98 Å². The van der Waals surface area contributed by atoms with Crippen LogP contribution in [0.3, 0.4) is 0 Å². The van der Waals surface area contributed by atoms with Gasteiger partial charge in [0, 0.05) is 18.1 Å². The molecule has 11 nitrogen and oxygen atoms in total. The summed E-state index contributed by atoms with van der Waals surface area (Å²) in [7, 11) is -3.89. The average Bonchev–Trinajstić information content (AvgIpc) is 2.81. The van der Waals surface area contributed by atoms with Gasteiger partial charge in [0.25, 0.3) is 13.0 Å². The second kappa shape index (κ2) is 6.84. The first-order valence-electron chi connectivity index (χ1n) is 6.22. The highest BCUT2D eigenvalue weighted by atomic mass is 31.2. The third kappa shape index (κ3) is 3.64. The molecule has 0 aliphatic carbocycles. The molecule has 0 bridgehead atoms. The van der Waals surface area contributed by atoms with Crippen LogP contribution in [0.5, 0.6) is 0 Å². The van der Waals surface area contributed by atoms with Crippen LogP contribution in [0.2, 0.25) is 0 Å². The Morgan fingerprint density at radius 2 is 2.04 bits per heavy atom. The van der Waals surface area contributed by atoms with Crippen LogP contribution in [-0.2, 0) is 9.30 Å². The SMILES string of the molecule is O=c1ccn([C@@H]2O[C@H](/C=C/P(=O)(NO)NO)[C@@H](O)[C@H]2F)c(=O)[nH]1. The number of hydrogen-bond acceptors (Lipinski definition) is 7. The summed E-state index contributed by atoms with van der Waals surface area (Å²) in [4.78, 5) is 24.5. The maximum Gasteiger partial charge on any atom is 0.330 e. The zero-order chi connectivity index (χ0) is 17.2. The van der Waals surface area contributed by atoms with Gasteiger partial charge in [-0.25, -0.2) is 9.18 Å². The zero-order valence-electron chi connectivity index (χ0n) is 11.4. The van der Waals surface area contributed by atoms with Gasteiger partial charge in [-0.15, -0.1) is 10.5 Å². The first kappa shape index (κ1) is 17.7. The van der Waals surface area contributed by atoms with Crippen LogP contribution in [-0.4, -0.2) is 43.5 Å². The molecular formula is C10H14FN4O7P. The van der Waals surface area contributed by atoms with Crippen molar-refractivity contribution < 1.29 is 29.2 Å². The van der Waals surface area contributed by atoms with Gasteiger partial charge in [-0.05, 0) is 6.08 Å². The fraction of sp³-hybridized carbons (Fsp3) is 0.400. The second-order valence-electron chi connectivity index (χ2n) is 4.64. The maximum atomic E-state index is 14.1. The lowest BCUT2D eigenvalue weighted by molar-refractivity contribution is -0.00697. The van der Waals surface area contributed by atoms with E-state index in [0.29, 0.717) is 0 Å². The predicted molar refractivity (Wildman–Crippen MR) is 72.7 cm³/mol. The number of aromatic amines is 1. The summed E-state index contributed by atoms with van der Waals surface area (Å²) in [5.74, 6) is 0.756. The molecule has 2 heterocycles. The number of H-pyrrole nitrogens is 1. The number of nitrogens with zero attached hydrogens (tertiary/aromatic N) is 1. The van der Waals surface area contributed by atoms with Crippen molar-refractivity contribution in [3.05, 3.63) is 45.0 Å². The van der Waals surface area contributed by atoms with Crippen LogP contribution in [0.1, 0.15) is 6.23 Å². The molecule has 1 fully saturated rings. The number of nitrogens with one attached hydrogen (secondary N) is 3. The second-order valence-corrected chi connectivity index (χ2v) is 6.66. The van der Waals surface area contributed by atoms with Crippen molar-refractivity contribution in [1.82, 2.24) is 20.1 Å². The molecule has 1 aliphatic heterocycles. The molecule has 128 valence electrons. The number of ether oxygens (including phenoxy) is 1. The van der Waals surface area contributed by atoms with Gasteiger partial charge in [-0.3, -0.25) is 18.9 Å². The normalized spacial score (nSPS) is 28.5. The summed E-state index contributed by atoms with van der Waals surface area (Å²) >= 11 is 0. The standard InChI is InChI=1S/C10H14FN4O7P/c11-7-8(17)5(2-4-23(21,13-19)14-20)22-9(7)15-3-1-6(16)12-10(15)18/h1-5,7-9,17,19-20H,(H,12,16,18)(H2,13,14,21)/b4-2+/t5-,7-,8-,9-/m1/s1. The average molecular weight is 352 g/mol. The molecule has 23 heavy (non-hydrogen) atoms. The van der Waals surface area contributed by atoms with Crippen LogP contribution in [0.4, 0.5) is 4.39 Å². The molecule has 1 aliphatic rings. The summed E-state index contributed by atoms with van der Waals surface area (Å²) in [6, 6.07) is 0.979. The quantitative estimate of drug-likeness (QED) is 0.282. The topological polar surface area (TPSA) is 166 Å². The molecule has 1 saturated heterocycles. The van der Waals surface area contributed by atoms with Crippen molar-refractivity contribution >= 4 is 7.44 Å². The van der Waals surface area contributed by atoms with Gasteiger partial charge in [0.15, 0.2) is 12.4 Å². The van der Waals surface area contributed by atoms with Crippen LogP contribution < -0.4 is 21.8 Å². The van der Waals surface area contributed by atoms with Crippen LogP contribution in [0.15, 0.2) is 33.7 Å². The summed E-state index contributed by atoms with van der Waals surface area (Å²) < 4.78 is 31.6. The minimum Gasteiger partial charge on any atom is -0.387 e. The lowest BCUT2D eigenvalue weighted by Gasteiger charge is -2.15. The Morgan fingerprint density at radius 1 is 1.39 bits per heavy atom. The van der Waals surface area contributed by atoms with Crippen molar-refractivity contribution in [2.45, 2.75) is 24.6 Å². The molecule has 4 atom stereocenters. The third-order valence-corrected chi connectivity index (χ3v) is 4.33. The smallest absolute Gasteiger partial charge is 0.330 e. The number of aliphatic hydroxyl groups excluding tert-OH is 1. The number of rotatable bonds is 5. The Labute approximate surface area is 127 Å². The fourth-order valence-electron chi connectivity index (χ4n) is 1.97. The monoisotopic (exact) mass is 352 g/mol. The lowest BCUT2D eigenvalue weighted by Crippen LogP contribution is -2.35. The maximum absolute atomic E-state index is 14.1. The lowest BCUT2D eigenvalue weighted by atomic mass is 10.1. The molecule has 0 saturated carbocycles. The first-order valence-corrected chi connectivity index (χ1v) is 8.00. The van der Waals surface area contributed by atoms with Gasteiger partial charge in [0.1, 0.15) is 12.2 Å². The summed E-state index contributed by atoms with van der Waals surface area (Å²) in [5, 5.41) is 29.7. The van der Waals surface area contributed by atoms with Crippen LogP contribution in [0, 0.1) is 0 Å². The highest BCUT2D eigenvalue weighted by Crippen LogP contribution is 2.38. The Bertz CT molecular complexity index is 741. The van der Waals surface area contributed by atoms with E-state index >= 15 is 0 Å². The number of aliphatic hydroxyl groups is 1. The van der Waals surface area contributed by atoms with Crippen molar-refractivity contribution in [3.63, 3.8) is 0 Å². The van der Waals surface area contributed by atoms with E-state index in [2.05, 4.69) is 0 Å². The molecule has 0 unspecified atom stereocenters. The van der Waals surface area contributed by atoms with E-state index in [1.54, 1.807) is 0 Å². The van der Waals surface area contributed by atoms with Crippen molar-refractivity contribution in [3.8, 4) is 0 Å². The first-order chi connectivity index (χ1) is 10.8. The van der Waals surface area contributed by atoms with E-state index in [1.165, 1.54) is 10.5 Å².